The molecule has 1 fully saturated rings. The summed E-state index contributed by atoms with van der Waals surface area (Å²) in [6, 6.07) is 6.16. The lowest BCUT2D eigenvalue weighted by molar-refractivity contribution is -0.0328. The van der Waals surface area contributed by atoms with E-state index in [4.69, 9.17) is 0 Å². The molecule has 26 heavy (non-hydrogen) atoms. The van der Waals surface area contributed by atoms with E-state index in [-0.39, 0.29) is 22.7 Å². The minimum atomic E-state index is -4.32. The smallest absolute Gasteiger partial charge is 0.328 e. The SMILES string of the molecule is CC1NNC(C)C1CCCN(C)C(=O)Nc1ccc(SC(F)(F)F)cc1. The third kappa shape index (κ3) is 6.37. The molecule has 3 N–H and O–H groups in total. The first kappa shape index (κ1) is 20.9. The van der Waals surface area contributed by atoms with Gasteiger partial charge in [-0.25, -0.2) is 4.79 Å². The molecule has 5 nitrogen and oxygen atoms in total. The molecule has 0 bridgehead atoms. The number of nitrogens with zero attached hydrogens (tertiary/aromatic N) is 1. The summed E-state index contributed by atoms with van der Waals surface area (Å²) in [6.07, 6.45) is 1.89. The van der Waals surface area contributed by atoms with Crippen molar-refractivity contribution in [1.82, 2.24) is 15.8 Å². The van der Waals surface area contributed by atoms with Gasteiger partial charge in [0.1, 0.15) is 0 Å². The highest BCUT2D eigenvalue weighted by atomic mass is 32.2. The first-order valence-corrected chi connectivity index (χ1v) is 9.36. The van der Waals surface area contributed by atoms with Crippen LogP contribution in [0.2, 0.25) is 0 Å². The fourth-order valence-electron chi connectivity index (χ4n) is 3.03. The third-order valence-electron chi connectivity index (χ3n) is 4.54. The molecule has 0 radical (unpaired) electrons. The fraction of sp³-hybridized carbons (Fsp3) is 0.588. The van der Waals surface area contributed by atoms with Crippen LogP contribution in [0, 0.1) is 5.92 Å². The van der Waals surface area contributed by atoms with E-state index in [0.29, 0.717) is 30.2 Å². The number of anilines is 1. The van der Waals surface area contributed by atoms with Crippen molar-refractivity contribution >= 4 is 23.5 Å². The summed E-state index contributed by atoms with van der Waals surface area (Å²) in [5.74, 6) is 0.519. The highest BCUT2D eigenvalue weighted by Crippen LogP contribution is 2.37. The lowest BCUT2D eigenvalue weighted by atomic mass is 9.92. The van der Waals surface area contributed by atoms with Crippen LogP contribution in [0.25, 0.3) is 0 Å². The van der Waals surface area contributed by atoms with Gasteiger partial charge in [-0.05, 0) is 68.6 Å². The van der Waals surface area contributed by atoms with Crippen LogP contribution in [0.3, 0.4) is 0 Å². The van der Waals surface area contributed by atoms with Gasteiger partial charge in [0.15, 0.2) is 0 Å². The van der Waals surface area contributed by atoms with Gasteiger partial charge >= 0.3 is 11.5 Å². The number of benzene rings is 1. The Morgan fingerprint density at radius 1 is 1.19 bits per heavy atom. The molecule has 1 aromatic carbocycles. The summed E-state index contributed by atoms with van der Waals surface area (Å²) in [5, 5.41) is 2.70. The molecule has 2 unspecified atom stereocenters. The highest BCUT2D eigenvalue weighted by Gasteiger charge is 2.30. The maximum Gasteiger partial charge on any atom is 0.446 e. The van der Waals surface area contributed by atoms with Gasteiger partial charge in [-0.2, -0.15) is 13.2 Å². The molecule has 9 heteroatoms. The van der Waals surface area contributed by atoms with E-state index in [1.165, 1.54) is 24.3 Å². The van der Waals surface area contributed by atoms with Gasteiger partial charge in [-0.3, -0.25) is 10.9 Å². The van der Waals surface area contributed by atoms with Gasteiger partial charge in [0.05, 0.1) is 0 Å². The number of halogens is 3. The maximum absolute atomic E-state index is 12.3. The van der Waals surface area contributed by atoms with Crippen molar-refractivity contribution in [3.05, 3.63) is 24.3 Å². The van der Waals surface area contributed by atoms with Gasteiger partial charge in [-0.1, -0.05) is 0 Å². The van der Waals surface area contributed by atoms with E-state index >= 15 is 0 Å². The first-order chi connectivity index (χ1) is 12.2. The molecule has 2 amide bonds. The number of urea groups is 1. The molecule has 146 valence electrons. The second kappa shape index (κ2) is 8.96. The Kier molecular flexibility index (Phi) is 7.19. The minimum absolute atomic E-state index is 0.0888. The van der Waals surface area contributed by atoms with Crippen molar-refractivity contribution in [2.45, 2.75) is 49.2 Å². The Hall–Kier alpha value is -1.45. The normalized spacial score (nSPS) is 23.1. The largest absolute Gasteiger partial charge is 0.446 e. The molecular formula is C17H25F3N4OS. The number of thioether (sulfide) groups is 1. The zero-order valence-corrected chi connectivity index (χ0v) is 15.9. The number of carbonyl (C=O) groups excluding carboxylic acids is 1. The van der Waals surface area contributed by atoms with Gasteiger partial charge in [0.2, 0.25) is 0 Å². The molecule has 2 rings (SSSR count). The Morgan fingerprint density at radius 2 is 1.77 bits per heavy atom. The molecule has 0 aromatic heterocycles. The molecule has 2 atom stereocenters. The van der Waals surface area contributed by atoms with Crippen molar-refractivity contribution in [2.75, 3.05) is 18.9 Å². The Morgan fingerprint density at radius 3 is 2.31 bits per heavy atom. The highest BCUT2D eigenvalue weighted by molar-refractivity contribution is 8.00. The molecule has 1 heterocycles. The second-order valence-electron chi connectivity index (χ2n) is 6.60. The zero-order chi connectivity index (χ0) is 19.3. The number of hydrogen-bond acceptors (Lipinski definition) is 4. The molecule has 1 aliphatic rings. The summed E-state index contributed by atoms with van der Waals surface area (Å²) in [7, 11) is 1.71. The van der Waals surface area contributed by atoms with E-state index in [0.717, 1.165) is 12.8 Å². The summed E-state index contributed by atoms with van der Waals surface area (Å²) < 4.78 is 36.9. The standard InChI is InChI=1S/C17H25F3N4OS/c1-11-15(12(2)23-22-11)5-4-10-24(3)16(25)21-13-6-8-14(9-7-13)26-17(18,19)20/h6-9,11-12,15,22-23H,4-5,10H2,1-3H3,(H,21,25). The summed E-state index contributed by atoms with van der Waals surface area (Å²) in [5.41, 5.74) is 2.59. The number of alkyl halides is 3. The molecule has 0 saturated carbocycles. The van der Waals surface area contributed by atoms with E-state index in [1.54, 1.807) is 11.9 Å². The van der Waals surface area contributed by atoms with E-state index in [2.05, 4.69) is 30.0 Å². The van der Waals surface area contributed by atoms with Crippen LogP contribution in [-0.4, -0.2) is 42.1 Å². The van der Waals surface area contributed by atoms with Crippen LogP contribution in [0.1, 0.15) is 26.7 Å². The Labute approximate surface area is 156 Å². The van der Waals surface area contributed by atoms with E-state index < -0.39 is 5.51 Å². The molecule has 1 saturated heterocycles. The monoisotopic (exact) mass is 390 g/mol. The molecule has 1 aliphatic heterocycles. The summed E-state index contributed by atoms with van der Waals surface area (Å²) in [4.78, 5) is 13.9. The molecule has 1 aromatic rings. The predicted molar refractivity (Wildman–Crippen MR) is 97.9 cm³/mol. The van der Waals surface area contributed by atoms with Crippen LogP contribution in [0.4, 0.5) is 23.7 Å². The summed E-state index contributed by atoms with van der Waals surface area (Å²) in [6.45, 7) is 4.89. The minimum Gasteiger partial charge on any atom is -0.328 e. The second-order valence-corrected chi connectivity index (χ2v) is 7.73. The summed E-state index contributed by atoms with van der Waals surface area (Å²) >= 11 is -0.175. The van der Waals surface area contributed by atoms with Crippen molar-refractivity contribution in [3.63, 3.8) is 0 Å². The van der Waals surface area contributed by atoms with E-state index in [1.807, 2.05) is 0 Å². The van der Waals surface area contributed by atoms with Crippen LogP contribution < -0.4 is 16.2 Å². The first-order valence-electron chi connectivity index (χ1n) is 8.54. The lowest BCUT2D eigenvalue weighted by Gasteiger charge is -2.21. The van der Waals surface area contributed by atoms with Crippen molar-refractivity contribution < 1.29 is 18.0 Å². The number of amides is 2. The van der Waals surface area contributed by atoms with Gasteiger partial charge in [0.25, 0.3) is 0 Å². The van der Waals surface area contributed by atoms with Crippen molar-refractivity contribution in [1.29, 1.82) is 0 Å². The van der Waals surface area contributed by atoms with Crippen LogP contribution >= 0.6 is 11.8 Å². The molecule has 0 aliphatic carbocycles. The number of hydrogen-bond donors (Lipinski definition) is 3. The topological polar surface area (TPSA) is 56.4 Å². The average Bonchev–Trinajstić information content (AvgIpc) is 2.87. The lowest BCUT2D eigenvalue weighted by Crippen LogP contribution is -2.33. The number of rotatable bonds is 6. The van der Waals surface area contributed by atoms with Crippen LogP contribution in [0.5, 0.6) is 0 Å². The predicted octanol–water partition coefficient (Wildman–Crippen LogP) is 4.04. The van der Waals surface area contributed by atoms with Crippen LogP contribution in [0.15, 0.2) is 29.2 Å². The van der Waals surface area contributed by atoms with E-state index in [9.17, 15) is 18.0 Å². The molecular weight excluding hydrogens is 365 g/mol. The Bertz CT molecular complexity index is 587. The number of nitrogens with one attached hydrogen (secondary N) is 3. The van der Waals surface area contributed by atoms with Crippen molar-refractivity contribution in [2.24, 2.45) is 5.92 Å². The average molecular weight is 390 g/mol. The number of hydrazine groups is 1. The van der Waals surface area contributed by atoms with Gasteiger partial charge < -0.3 is 10.2 Å². The Balaban J connectivity index is 1.76. The van der Waals surface area contributed by atoms with Crippen LogP contribution in [-0.2, 0) is 0 Å². The molecule has 0 spiro atoms. The van der Waals surface area contributed by atoms with Gasteiger partial charge in [0, 0.05) is 36.3 Å². The quantitative estimate of drug-likeness (QED) is 0.642. The van der Waals surface area contributed by atoms with Crippen molar-refractivity contribution in [3.8, 4) is 0 Å². The maximum atomic E-state index is 12.3. The number of carbonyl (C=O) groups is 1. The third-order valence-corrected chi connectivity index (χ3v) is 5.28. The zero-order valence-electron chi connectivity index (χ0n) is 15.1. The van der Waals surface area contributed by atoms with Gasteiger partial charge in [-0.15, -0.1) is 0 Å². The fourth-order valence-corrected chi connectivity index (χ4v) is 3.57.